The first kappa shape index (κ1) is 22.3. The average Bonchev–Trinajstić information content (AvgIpc) is 3.05. The predicted molar refractivity (Wildman–Crippen MR) is 112 cm³/mol. The summed E-state index contributed by atoms with van der Waals surface area (Å²) in [6.07, 6.45) is -2.22. The molecule has 32 heavy (non-hydrogen) atoms. The molecule has 0 spiro atoms. The van der Waals surface area contributed by atoms with Gasteiger partial charge in [0.05, 0.1) is 33.9 Å². The number of hydrogen-bond donors (Lipinski definition) is 2. The fraction of sp³-hybridized carbons (Fsp3) is 0.381. The molecule has 1 amide bonds. The van der Waals surface area contributed by atoms with E-state index < -0.39 is 23.8 Å². The second kappa shape index (κ2) is 8.57. The van der Waals surface area contributed by atoms with Gasteiger partial charge in [0.2, 0.25) is 5.95 Å². The Labute approximate surface area is 186 Å². The zero-order valence-corrected chi connectivity index (χ0v) is 17.8. The number of carbonyl (C=O) groups excluding carboxylic acids is 1. The van der Waals surface area contributed by atoms with Crippen LogP contribution in [0.1, 0.15) is 36.2 Å². The first-order valence-electron chi connectivity index (χ1n) is 10.0. The van der Waals surface area contributed by atoms with Crippen LogP contribution in [0.3, 0.4) is 0 Å². The van der Waals surface area contributed by atoms with E-state index in [0.717, 1.165) is 0 Å². The minimum absolute atomic E-state index is 0.00517. The number of halogens is 5. The Morgan fingerprint density at radius 1 is 1.22 bits per heavy atom. The number of aryl methyl sites for hydroxylation is 1. The van der Waals surface area contributed by atoms with E-state index in [1.807, 2.05) is 0 Å². The Kier molecular flexibility index (Phi) is 5.98. The number of carbonyl (C=O) groups is 1. The van der Waals surface area contributed by atoms with Gasteiger partial charge in [-0.3, -0.25) is 4.79 Å². The van der Waals surface area contributed by atoms with Crippen molar-refractivity contribution in [3.63, 3.8) is 0 Å². The third kappa shape index (κ3) is 4.50. The smallest absolute Gasteiger partial charge is 0.348 e. The molecule has 4 rings (SSSR count). The lowest BCUT2D eigenvalue weighted by atomic mass is 9.85. The molecule has 0 bridgehead atoms. The molecule has 0 aliphatic heterocycles. The van der Waals surface area contributed by atoms with Gasteiger partial charge in [0.25, 0.3) is 5.91 Å². The maximum Gasteiger partial charge on any atom is 0.391 e. The highest BCUT2D eigenvalue weighted by Crippen LogP contribution is 2.37. The Morgan fingerprint density at radius 2 is 1.94 bits per heavy atom. The van der Waals surface area contributed by atoms with E-state index in [9.17, 15) is 22.4 Å². The summed E-state index contributed by atoms with van der Waals surface area (Å²) >= 11 is 6.06. The quantitative estimate of drug-likeness (QED) is 0.505. The Hall–Kier alpha value is -2.88. The van der Waals surface area contributed by atoms with Gasteiger partial charge in [0.15, 0.2) is 0 Å². The zero-order valence-electron chi connectivity index (χ0n) is 17.0. The number of amides is 1. The number of nitrogens with zero attached hydrogens (tertiary/aromatic N) is 3. The van der Waals surface area contributed by atoms with Crippen LogP contribution in [0.4, 0.5) is 29.2 Å². The van der Waals surface area contributed by atoms with Crippen LogP contribution in [0.25, 0.3) is 11.0 Å². The highest BCUT2D eigenvalue weighted by atomic mass is 35.5. The maximum atomic E-state index is 14.1. The highest BCUT2D eigenvalue weighted by Gasteiger charge is 2.41. The second-order valence-corrected chi connectivity index (χ2v) is 8.25. The van der Waals surface area contributed by atoms with E-state index >= 15 is 0 Å². The van der Waals surface area contributed by atoms with Crippen molar-refractivity contribution in [3.8, 4) is 0 Å². The number of para-hydroxylation sites is 1. The predicted octanol–water partition coefficient (Wildman–Crippen LogP) is 5.36. The molecular formula is C21H20ClF4N5O. The average molecular weight is 470 g/mol. The molecule has 2 heterocycles. The van der Waals surface area contributed by atoms with E-state index in [-0.39, 0.29) is 48.1 Å². The number of alkyl halides is 3. The third-order valence-electron chi connectivity index (χ3n) is 5.72. The van der Waals surface area contributed by atoms with Crippen molar-refractivity contribution in [2.24, 2.45) is 13.0 Å². The van der Waals surface area contributed by atoms with Crippen molar-refractivity contribution in [2.45, 2.75) is 37.9 Å². The van der Waals surface area contributed by atoms with Crippen molar-refractivity contribution in [2.75, 3.05) is 5.32 Å². The fourth-order valence-corrected chi connectivity index (χ4v) is 4.09. The number of hydrogen-bond acceptors (Lipinski definition) is 4. The normalized spacial score (nSPS) is 19.2. The topological polar surface area (TPSA) is 71.8 Å². The third-order valence-corrected chi connectivity index (χ3v) is 6.04. The number of nitrogens with one attached hydrogen (secondary N) is 2. The molecule has 1 aliphatic rings. The Morgan fingerprint density at radius 3 is 2.59 bits per heavy atom. The minimum Gasteiger partial charge on any atom is -0.348 e. The summed E-state index contributed by atoms with van der Waals surface area (Å²) in [4.78, 5) is 21.2. The first-order chi connectivity index (χ1) is 15.1. The number of imidazole rings is 1. The number of rotatable bonds is 4. The highest BCUT2D eigenvalue weighted by molar-refractivity contribution is 6.33. The Balaban J connectivity index is 1.49. The van der Waals surface area contributed by atoms with Gasteiger partial charge in [-0.05, 0) is 43.9 Å². The molecular weight excluding hydrogens is 450 g/mol. The number of benzene rings is 1. The van der Waals surface area contributed by atoms with Crippen LogP contribution in [0.15, 0.2) is 30.5 Å². The van der Waals surface area contributed by atoms with Crippen LogP contribution in [0, 0.1) is 11.7 Å². The summed E-state index contributed by atoms with van der Waals surface area (Å²) in [5.74, 6) is -2.02. The van der Waals surface area contributed by atoms with Crippen LogP contribution in [0.2, 0.25) is 5.02 Å². The van der Waals surface area contributed by atoms with Crippen LogP contribution in [-0.4, -0.2) is 32.7 Å². The number of pyridine rings is 1. The van der Waals surface area contributed by atoms with Gasteiger partial charge in [-0.25, -0.2) is 14.4 Å². The molecule has 1 fully saturated rings. The minimum atomic E-state index is -4.20. The molecule has 2 aromatic heterocycles. The molecule has 6 nitrogen and oxygen atoms in total. The largest absolute Gasteiger partial charge is 0.391 e. The van der Waals surface area contributed by atoms with E-state index in [1.54, 1.807) is 17.7 Å². The summed E-state index contributed by atoms with van der Waals surface area (Å²) in [5, 5.41) is 5.81. The first-order valence-corrected chi connectivity index (χ1v) is 10.4. The van der Waals surface area contributed by atoms with Crippen molar-refractivity contribution in [3.05, 3.63) is 47.0 Å². The number of fused-ring (bicyclic) bond motifs is 1. The maximum absolute atomic E-state index is 14.1. The molecule has 0 unspecified atom stereocenters. The molecule has 0 saturated heterocycles. The fourth-order valence-electron chi connectivity index (χ4n) is 3.88. The molecule has 170 valence electrons. The molecule has 0 radical (unpaired) electrons. The lowest BCUT2D eigenvalue weighted by Crippen LogP contribution is -2.40. The lowest BCUT2D eigenvalue weighted by Gasteiger charge is -2.30. The number of anilines is 2. The molecule has 2 N–H and O–H groups in total. The number of aromatic nitrogens is 3. The molecule has 1 aromatic carbocycles. The van der Waals surface area contributed by atoms with Gasteiger partial charge in [-0.15, -0.1) is 0 Å². The second-order valence-electron chi connectivity index (χ2n) is 7.84. The van der Waals surface area contributed by atoms with Crippen molar-refractivity contribution in [1.29, 1.82) is 0 Å². The van der Waals surface area contributed by atoms with Gasteiger partial charge in [0.1, 0.15) is 11.5 Å². The SMILES string of the molecule is Cn1c(Nc2c(F)cccc2Cl)nc2cc(C(=O)N[C@H]3CC[C@H](C(F)(F)F)CC3)ncc21. The van der Waals surface area contributed by atoms with Gasteiger partial charge in [-0.1, -0.05) is 17.7 Å². The zero-order chi connectivity index (χ0) is 23.0. The molecule has 0 atom stereocenters. The van der Waals surface area contributed by atoms with E-state index in [1.165, 1.54) is 24.4 Å². The monoisotopic (exact) mass is 469 g/mol. The summed E-state index contributed by atoms with van der Waals surface area (Å²) < 4.78 is 54.2. The van der Waals surface area contributed by atoms with Gasteiger partial charge in [0, 0.05) is 13.1 Å². The van der Waals surface area contributed by atoms with Crippen LogP contribution in [-0.2, 0) is 7.05 Å². The van der Waals surface area contributed by atoms with Crippen LogP contribution >= 0.6 is 11.6 Å². The van der Waals surface area contributed by atoms with Crippen molar-refractivity contribution < 1.29 is 22.4 Å². The summed E-state index contributed by atoms with van der Waals surface area (Å²) in [6, 6.07) is 5.45. The summed E-state index contributed by atoms with van der Waals surface area (Å²) in [6.45, 7) is 0. The molecule has 11 heteroatoms. The lowest BCUT2D eigenvalue weighted by molar-refractivity contribution is -0.182. The summed E-state index contributed by atoms with van der Waals surface area (Å²) in [5.41, 5.74) is 1.22. The standard InChI is InChI=1S/C21H20ClF4N5O/c1-31-17-10-27-16(19(32)28-12-7-5-11(6-8-12)21(24,25)26)9-15(17)29-20(31)30-18-13(22)3-2-4-14(18)23/h2-4,9-12H,5-8H2,1H3,(H,28,32)(H,29,30)/t11-,12-. The van der Waals surface area contributed by atoms with E-state index in [0.29, 0.717) is 17.0 Å². The molecule has 1 aliphatic carbocycles. The van der Waals surface area contributed by atoms with Crippen LogP contribution in [0.5, 0.6) is 0 Å². The van der Waals surface area contributed by atoms with Crippen molar-refractivity contribution >= 4 is 40.2 Å². The van der Waals surface area contributed by atoms with E-state index in [2.05, 4.69) is 20.6 Å². The van der Waals surface area contributed by atoms with E-state index in [4.69, 9.17) is 11.6 Å². The van der Waals surface area contributed by atoms with Gasteiger partial charge >= 0.3 is 6.18 Å². The van der Waals surface area contributed by atoms with Crippen molar-refractivity contribution in [1.82, 2.24) is 19.9 Å². The molecule has 3 aromatic rings. The Bertz CT molecular complexity index is 1130. The molecule has 1 saturated carbocycles. The van der Waals surface area contributed by atoms with Crippen LogP contribution < -0.4 is 10.6 Å². The van der Waals surface area contributed by atoms with Gasteiger partial charge in [-0.2, -0.15) is 13.2 Å². The van der Waals surface area contributed by atoms with Gasteiger partial charge < -0.3 is 15.2 Å². The summed E-state index contributed by atoms with van der Waals surface area (Å²) in [7, 11) is 1.70.